The van der Waals surface area contributed by atoms with Gasteiger partial charge in [-0.3, -0.25) is 4.79 Å². The van der Waals surface area contributed by atoms with Crippen molar-refractivity contribution in [3.05, 3.63) is 34.3 Å². The highest BCUT2D eigenvalue weighted by molar-refractivity contribution is 8.02. The number of rotatable bonds is 4. The highest BCUT2D eigenvalue weighted by Crippen LogP contribution is 2.36. The summed E-state index contributed by atoms with van der Waals surface area (Å²) in [5, 5.41) is 8.92. The first-order chi connectivity index (χ1) is 10.3. The number of carbonyl (C=O) groups is 1. The van der Waals surface area contributed by atoms with E-state index in [1.807, 2.05) is 0 Å². The number of thioether (sulfide) groups is 1. The summed E-state index contributed by atoms with van der Waals surface area (Å²) in [6.45, 7) is 1.63. The van der Waals surface area contributed by atoms with Gasteiger partial charge >= 0.3 is 6.18 Å². The van der Waals surface area contributed by atoms with Gasteiger partial charge in [-0.2, -0.15) is 13.2 Å². The third-order valence-corrected chi connectivity index (χ3v) is 4.77. The molecule has 118 valence electrons. The van der Waals surface area contributed by atoms with Crippen LogP contribution >= 0.6 is 34.7 Å². The maximum Gasteiger partial charge on any atom is 0.417 e. The average Bonchev–Trinajstić information content (AvgIpc) is 2.92. The normalized spacial score (nSPS) is 13.0. The molecule has 0 aliphatic carbocycles. The lowest BCUT2D eigenvalue weighted by molar-refractivity contribution is -0.137. The zero-order valence-electron chi connectivity index (χ0n) is 11.0. The van der Waals surface area contributed by atoms with E-state index in [0.717, 1.165) is 12.1 Å². The van der Waals surface area contributed by atoms with Crippen molar-refractivity contribution in [3.63, 3.8) is 0 Å². The van der Waals surface area contributed by atoms with Gasteiger partial charge in [-0.05, 0) is 25.1 Å². The molecule has 4 nitrogen and oxygen atoms in total. The lowest BCUT2D eigenvalue weighted by Crippen LogP contribution is -2.22. The summed E-state index contributed by atoms with van der Waals surface area (Å²) in [4.78, 5) is 12.0. The fourth-order valence-corrected chi connectivity index (χ4v) is 3.33. The van der Waals surface area contributed by atoms with Crippen molar-refractivity contribution >= 4 is 46.3 Å². The van der Waals surface area contributed by atoms with Crippen molar-refractivity contribution in [3.8, 4) is 0 Å². The predicted molar refractivity (Wildman–Crippen MR) is 80.3 cm³/mol. The van der Waals surface area contributed by atoms with Gasteiger partial charge in [-0.15, -0.1) is 10.2 Å². The maximum absolute atomic E-state index is 12.8. The molecule has 2 aromatic rings. The van der Waals surface area contributed by atoms with Crippen LogP contribution < -0.4 is 5.32 Å². The number of aromatic nitrogens is 2. The average molecular weight is 368 g/mol. The van der Waals surface area contributed by atoms with Crippen LogP contribution in [0.5, 0.6) is 0 Å². The summed E-state index contributed by atoms with van der Waals surface area (Å²) in [5.74, 6) is -0.435. The molecule has 0 bridgehead atoms. The summed E-state index contributed by atoms with van der Waals surface area (Å²) in [6.07, 6.45) is -4.58. The van der Waals surface area contributed by atoms with Crippen molar-refractivity contribution in [2.45, 2.75) is 22.7 Å². The van der Waals surface area contributed by atoms with E-state index in [-0.39, 0.29) is 5.69 Å². The summed E-state index contributed by atoms with van der Waals surface area (Å²) >= 11 is 7.98. The molecule has 2 rings (SSSR count). The van der Waals surface area contributed by atoms with E-state index in [2.05, 4.69) is 15.5 Å². The van der Waals surface area contributed by atoms with Crippen molar-refractivity contribution in [2.75, 3.05) is 5.32 Å². The van der Waals surface area contributed by atoms with Crippen LogP contribution in [0, 0.1) is 0 Å². The van der Waals surface area contributed by atoms with Crippen molar-refractivity contribution in [2.24, 2.45) is 0 Å². The van der Waals surface area contributed by atoms with Gasteiger partial charge in [-0.1, -0.05) is 34.7 Å². The Morgan fingerprint density at radius 1 is 1.45 bits per heavy atom. The monoisotopic (exact) mass is 367 g/mol. The lowest BCUT2D eigenvalue weighted by atomic mass is 10.2. The molecule has 1 heterocycles. The molecule has 1 N–H and O–H groups in total. The molecule has 0 spiro atoms. The molecule has 22 heavy (non-hydrogen) atoms. The van der Waals surface area contributed by atoms with E-state index >= 15 is 0 Å². The van der Waals surface area contributed by atoms with Crippen LogP contribution in [-0.4, -0.2) is 21.4 Å². The minimum absolute atomic E-state index is 0.0337. The van der Waals surface area contributed by atoms with Gasteiger partial charge in [0.15, 0.2) is 4.34 Å². The molecule has 1 amide bonds. The van der Waals surface area contributed by atoms with E-state index in [9.17, 15) is 18.0 Å². The van der Waals surface area contributed by atoms with Gasteiger partial charge in [0.2, 0.25) is 5.91 Å². The topological polar surface area (TPSA) is 54.9 Å². The van der Waals surface area contributed by atoms with E-state index in [0.29, 0.717) is 4.34 Å². The summed E-state index contributed by atoms with van der Waals surface area (Å²) in [6, 6.07) is 3.23. The van der Waals surface area contributed by atoms with Crippen LogP contribution in [0.15, 0.2) is 28.0 Å². The first kappa shape index (κ1) is 17.0. The molecule has 0 saturated carbocycles. The van der Waals surface area contributed by atoms with E-state index in [1.54, 1.807) is 6.92 Å². The van der Waals surface area contributed by atoms with Crippen molar-refractivity contribution in [1.29, 1.82) is 0 Å². The number of halogens is 4. The minimum atomic E-state index is -4.58. The Morgan fingerprint density at radius 3 is 2.77 bits per heavy atom. The number of hydrogen-bond donors (Lipinski definition) is 1. The smallest absolute Gasteiger partial charge is 0.325 e. The van der Waals surface area contributed by atoms with Crippen LogP contribution in [0.3, 0.4) is 0 Å². The second kappa shape index (κ2) is 6.84. The number of anilines is 1. The molecule has 1 aromatic heterocycles. The van der Waals surface area contributed by atoms with Crippen molar-refractivity contribution < 1.29 is 18.0 Å². The second-order valence-electron chi connectivity index (χ2n) is 4.15. The molecule has 1 unspecified atom stereocenters. The first-order valence-corrected chi connectivity index (χ1v) is 8.01. The van der Waals surface area contributed by atoms with Gasteiger partial charge in [0.25, 0.3) is 0 Å². The van der Waals surface area contributed by atoms with E-state index in [4.69, 9.17) is 11.6 Å². The molecule has 0 aliphatic rings. The molecule has 0 fully saturated rings. The van der Waals surface area contributed by atoms with Crippen LogP contribution in [0.4, 0.5) is 18.9 Å². The van der Waals surface area contributed by atoms with Gasteiger partial charge in [0.1, 0.15) is 5.51 Å². The van der Waals surface area contributed by atoms with E-state index in [1.165, 1.54) is 34.7 Å². The fraction of sp³-hybridized carbons (Fsp3) is 0.250. The number of nitrogens with zero attached hydrogens (tertiary/aromatic N) is 2. The van der Waals surface area contributed by atoms with Crippen LogP contribution in [0.2, 0.25) is 5.02 Å². The zero-order chi connectivity index (χ0) is 16.3. The predicted octanol–water partition coefficient (Wildman–Crippen LogP) is 4.33. The fourth-order valence-electron chi connectivity index (χ4n) is 1.48. The summed E-state index contributed by atoms with van der Waals surface area (Å²) < 4.78 is 38.9. The Labute approximate surface area is 137 Å². The van der Waals surface area contributed by atoms with Crippen LogP contribution in [0.1, 0.15) is 12.5 Å². The number of hydrogen-bond acceptors (Lipinski definition) is 5. The molecular formula is C12H9ClF3N3OS2. The number of carbonyl (C=O) groups excluding carboxylic acids is 1. The number of amides is 1. The Bertz CT molecular complexity index is 664. The lowest BCUT2D eigenvalue weighted by Gasteiger charge is -2.13. The number of benzene rings is 1. The third kappa shape index (κ3) is 4.34. The summed E-state index contributed by atoms with van der Waals surface area (Å²) in [5.41, 5.74) is 0.574. The van der Waals surface area contributed by atoms with E-state index < -0.39 is 27.9 Å². The van der Waals surface area contributed by atoms with Gasteiger partial charge in [0, 0.05) is 5.69 Å². The van der Waals surface area contributed by atoms with Crippen molar-refractivity contribution in [1.82, 2.24) is 10.2 Å². The maximum atomic E-state index is 12.8. The van der Waals surface area contributed by atoms with Gasteiger partial charge < -0.3 is 5.32 Å². The second-order valence-corrected chi connectivity index (χ2v) is 6.97. The number of alkyl halides is 3. The Kier molecular flexibility index (Phi) is 5.30. The Morgan fingerprint density at radius 2 is 2.18 bits per heavy atom. The first-order valence-electron chi connectivity index (χ1n) is 5.88. The van der Waals surface area contributed by atoms with Gasteiger partial charge in [-0.25, -0.2) is 0 Å². The van der Waals surface area contributed by atoms with Gasteiger partial charge in [0.05, 0.1) is 15.8 Å². The van der Waals surface area contributed by atoms with Crippen LogP contribution in [0.25, 0.3) is 0 Å². The third-order valence-electron chi connectivity index (χ3n) is 2.53. The molecule has 1 atom stereocenters. The Hall–Kier alpha value is -1.32. The standard InChI is InChI=1S/C12H9ClF3N3OS2/c1-6(22-11-19-17-5-21-11)10(20)18-7-2-3-9(13)8(4-7)12(14,15)16/h2-6H,1H3,(H,18,20). The summed E-state index contributed by atoms with van der Waals surface area (Å²) in [7, 11) is 0. The number of nitrogens with one attached hydrogen (secondary N) is 1. The zero-order valence-corrected chi connectivity index (χ0v) is 13.4. The SMILES string of the molecule is CC(Sc1nncs1)C(=O)Nc1ccc(Cl)c(C(F)(F)F)c1. The minimum Gasteiger partial charge on any atom is -0.325 e. The Balaban J connectivity index is 2.08. The molecule has 1 aromatic carbocycles. The highest BCUT2D eigenvalue weighted by atomic mass is 35.5. The molecule has 0 radical (unpaired) electrons. The largest absolute Gasteiger partial charge is 0.417 e. The highest BCUT2D eigenvalue weighted by Gasteiger charge is 2.33. The molecule has 0 aliphatic heterocycles. The van der Waals surface area contributed by atoms with Crippen LogP contribution in [-0.2, 0) is 11.0 Å². The molecular weight excluding hydrogens is 359 g/mol. The quantitative estimate of drug-likeness (QED) is 0.817. The molecule has 0 saturated heterocycles. The molecule has 10 heteroatoms.